The van der Waals surface area contributed by atoms with Crippen LogP contribution in [0.25, 0.3) is 0 Å². The Morgan fingerprint density at radius 1 is 1.38 bits per heavy atom. The number of nitrogens with zero attached hydrogens (tertiary/aromatic N) is 1. The van der Waals surface area contributed by atoms with Gasteiger partial charge in [-0.1, -0.05) is 6.92 Å². The fourth-order valence-corrected chi connectivity index (χ4v) is 2.80. The van der Waals surface area contributed by atoms with Crippen LogP contribution in [0.2, 0.25) is 0 Å². The SMILES string of the molecule is CCC(C)OC(=O)C1(C(=O)N2CC[C@@H](F)C2)CC(F)(F)C1. The Labute approximate surface area is 121 Å². The van der Waals surface area contributed by atoms with E-state index in [1.807, 2.05) is 0 Å². The van der Waals surface area contributed by atoms with Gasteiger partial charge in [0.15, 0.2) is 5.41 Å². The minimum absolute atomic E-state index is 0.136. The third-order valence-electron chi connectivity index (χ3n) is 4.22. The summed E-state index contributed by atoms with van der Waals surface area (Å²) in [5.74, 6) is -4.67. The molecule has 0 N–H and O–H groups in total. The maximum absolute atomic E-state index is 13.3. The molecule has 2 atom stereocenters. The van der Waals surface area contributed by atoms with E-state index < -0.39 is 48.3 Å². The van der Waals surface area contributed by atoms with Crippen LogP contribution < -0.4 is 0 Å². The summed E-state index contributed by atoms with van der Waals surface area (Å²) in [6.07, 6.45) is -2.58. The van der Waals surface area contributed by atoms with Crippen LogP contribution in [-0.2, 0) is 14.3 Å². The molecule has 0 aromatic heterocycles. The minimum atomic E-state index is -3.04. The summed E-state index contributed by atoms with van der Waals surface area (Å²) < 4.78 is 44.9. The topological polar surface area (TPSA) is 46.6 Å². The van der Waals surface area contributed by atoms with Crippen LogP contribution in [0, 0.1) is 5.41 Å². The highest BCUT2D eigenvalue weighted by atomic mass is 19.3. The number of rotatable bonds is 4. The number of esters is 1. The molecule has 0 spiro atoms. The van der Waals surface area contributed by atoms with Crippen molar-refractivity contribution in [3.05, 3.63) is 0 Å². The molecule has 2 aliphatic rings. The maximum Gasteiger partial charge on any atom is 0.322 e. The summed E-state index contributed by atoms with van der Waals surface area (Å²) in [4.78, 5) is 25.8. The quantitative estimate of drug-likeness (QED) is 0.591. The lowest BCUT2D eigenvalue weighted by Gasteiger charge is -2.45. The molecular formula is C14H20F3NO3. The first-order valence-electron chi connectivity index (χ1n) is 7.22. The zero-order valence-electron chi connectivity index (χ0n) is 12.2. The van der Waals surface area contributed by atoms with Crippen molar-refractivity contribution in [1.29, 1.82) is 0 Å². The molecule has 1 aliphatic carbocycles. The zero-order chi connectivity index (χ0) is 15.8. The van der Waals surface area contributed by atoms with Crippen LogP contribution in [0.4, 0.5) is 13.2 Å². The summed E-state index contributed by atoms with van der Waals surface area (Å²) in [5.41, 5.74) is -1.84. The Morgan fingerprint density at radius 2 is 2.00 bits per heavy atom. The monoisotopic (exact) mass is 307 g/mol. The van der Waals surface area contributed by atoms with Crippen molar-refractivity contribution in [2.24, 2.45) is 5.41 Å². The second-order valence-electron chi connectivity index (χ2n) is 6.05. The molecule has 1 saturated carbocycles. The smallest absolute Gasteiger partial charge is 0.322 e. The van der Waals surface area contributed by atoms with E-state index in [2.05, 4.69) is 0 Å². The van der Waals surface area contributed by atoms with Crippen molar-refractivity contribution in [3.63, 3.8) is 0 Å². The van der Waals surface area contributed by atoms with Crippen LogP contribution in [0.5, 0.6) is 0 Å². The molecule has 21 heavy (non-hydrogen) atoms. The number of halogens is 3. The van der Waals surface area contributed by atoms with E-state index in [4.69, 9.17) is 4.74 Å². The van der Waals surface area contributed by atoms with E-state index in [1.54, 1.807) is 13.8 Å². The Hall–Kier alpha value is -1.27. The van der Waals surface area contributed by atoms with E-state index in [9.17, 15) is 22.8 Å². The van der Waals surface area contributed by atoms with Crippen molar-refractivity contribution in [2.75, 3.05) is 13.1 Å². The number of hydrogen-bond donors (Lipinski definition) is 0. The number of amides is 1. The van der Waals surface area contributed by atoms with Crippen molar-refractivity contribution in [1.82, 2.24) is 4.90 Å². The van der Waals surface area contributed by atoms with Crippen molar-refractivity contribution in [3.8, 4) is 0 Å². The molecule has 0 radical (unpaired) electrons. The number of carbonyl (C=O) groups is 2. The van der Waals surface area contributed by atoms with Crippen LogP contribution in [-0.4, -0.2) is 48.1 Å². The van der Waals surface area contributed by atoms with Gasteiger partial charge in [-0.15, -0.1) is 0 Å². The van der Waals surface area contributed by atoms with Gasteiger partial charge in [0, 0.05) is 19.4 Å². The molecule has 1 aliphatic heterocycles. The number of likely N-dealkylation sites (tertiary alicyclic amines) is 1. The summed E-state index contributed by atoms with van der Waals surface area (Å²) in [6, 6.07) is 0. The van der Waals surface area contributed by atoms with Gasteiger partial charge in [0.05, 0.1) is 12.6 Å². The largest absolute Gasteiger partial charge is 0.462 e. The molecule has 0 bridgehead atoms. The van der Waals surface area contributed by atoms with E-state index in [-0.39, 0.29) is 19.5 Å². The van der Waals surface area contributed by atoms with Gasteiger partial charge in [0.2, 0.25) is 5.91 Å². The number of alkyl halides is 3. The fourth-order valence-electron chi connectivity index (χ4n) is 2.80. The van der Waals surface area contributed by atoms with Gasteiger partial charge in [-0.3, -0.25) is 9.59 Å². The Balaban J connectivity index is 2.14. The highest BCUT2D eigenvalue weighted by Crippen LogP contribution is 2.54. The van der Waals surface area contributed by atoms with Gasteiger partial charge in [-0.05, 0) is 19.8 Å². The van der Waals surface area contributed by atoms with Gasteiger partial charge in [-0.2, -0.15) is 0 Å². The summed E-state index contributed by atoms with van der Waals surface area (Å²) in [5, 5.41) is 0. The molecule has 1 heterocycles. The lowest BCUT2D eigenvalue weighted by molar-refractivity contribution is -0.208. The van der Waals surface area contributed by atoms with Gasteiger partial charge >= 0.3 is 5.97 Å². The first-order chi connectivity index (χ1) is 9.70. The predicted octanol–water partition coefficient (Wildman–Crippen LogP) is 2.31. The van der Waals surface area contributed by atoms with Crippen molar-refractivity contribution >= 4 is 11.9 Å². The summed E-state index contributed by atoms with van der Waals surface area (Å²) in [6.45, 7) is 3.45. The molecule has 0 aromatic rings. The molecule has 7 heteroatoms. The third-order valence-corrected chi connectivity index (χ3v) is 4.22. The lowest BCUT2D eigenvalue weighted by atomic mass is 9.65. The maximum atomic E-state index is 13.3. The number of carbonyl (C=O) groups excluding carboxylic acids is 2. The number of hydrogen-bond acceptors (Lipinski definition) is 3. The van der Waals surface area contributed by atoms with E-state index in [0.29, 0.717) is 6.42 Å². The third kappa shape index (κ3) is 3.01. The molecule has 0 aromatic carbocycles. The average Bonchev–Trinajstić information content (AvgIpc) is 2.80. The molecular weight excluding hydrogens is 287 g/mol. The molecule has 2 rings (SSSR count). The van der Waals surface area contributed by atoms with Gasteiger partial charge in [0.25, 0.3) is 5.92 Å². The number of ether oxygens (including phenoxy) is 1. The van der Waals surface area contributed by atoms with E-state index in [1.165, 1.54) is 0 Å². The van der Waals surface area contributed by atoms with Crippen molar-refractivity contribution < 1.29 is 27.5 Å². The second-order valence-corrected chi connectivity index (χ2v) is 6.05. The first kappa shape index (κ1) is 16.1. The lowest BCUT2D eigenvalue weighted by Crippen LogP contribution is -2.60. The minimum Gasteiger partial charge on any atom is -0.462 e. The molecule has 1 saturated heterocycles. The second kappa shape index (κ2) is 5.50. The normalized spacial score (nSPS) is 27.9. The Morgan fingerprint density at radius 3 is 2.43 bits per heavy atom. The van der Waals surface area contributed by atoms with Gasteiger partial charge in [-0.25, -0.2) is 13.2 Å². The summed E-state index contributed by atoms with van der Waals surface area (Å²) in [7, 11) is 0. The van der Waals surface area contributed by atoms with Crippen LogP contribution >= 0.6 is 0 Å². The van der Waals surface area contributed by atoms with Crippen LogP contribution in [0.1, 0.15) is 39.5 Å². The predicted molar refractivity (Wildman–Crippen MR) is 68.6 cm³/mol. The first-order valence-corrected chi connectivity index (χ1v) is 7.22. The van der Waals surface area contributed by atoms with E-state index in [0.717, 1.165) is 4.90 Å². The van der Waals surface area contributed by atoms with Crippen molar-refractivity contribution in [2.45, 2.75) is 57.7 Å². The fraction of sp³-hybridized carbons (Fsp3) is 0.857. The van der Waals surface area contributed by atoms with Crippen LogP contribution in [0.15, 0.2) is 0 Å². The van der Waals surface area contributed by atoms with Gasteiger partial charge in [0.1, 0.15) is 6.17 Å². The molecule has 2 fully saturated rings. The van der Waals surface area contributed by atoms with E-state index >= 15 is 0 Å². The van der Waals surface area contributed by atoms with Crippen LogP contribution in [0.3, 0.4) is 0 Å². The zero-order valence-corrected chi connectivity index (χ0v) is 12.2. The Bertz CT molecular complexity index is 433. The molecule has 1 unspecified atom stereocenters. The summed E-state index contributed by atoms with van der Waals surface area (Å²) >= 11 is 0. The standard InChI is InChI=1S/C14H20F3NO3/c1-3-9(2)21-12(20)13(7-14(16,17)8-13)11(19)18-5-4-10(15)6-18/h9-10H,3-8H2,1-2H3/t9?,10-/m1/s1. The molecule has 120 valence electrons. The molecule has 4 nitrogen and oxygen atoms in total. The highest BCUT2D eigenvalue weighted by molar-refractivity contribution is 6.04. The van der Waals surface area contributed by atoms with Gasteiger partial charge < -0.3 is 9.64 Å². The highest BCUT2D eigenvalue weighted by Gasteiger charge is 2.67. The average molecular weight is 307 g/mol. The Kier molecular flexibility index (Phi) is 4.22. The molecule has 1 amide bonds.